The number of rotatable bonds is 6. The zero-order valence-corrected chi connectivity index (χ0v) is 13.3. The maximum absolute atomic E-state index is 12.7. The van der Waals surface area contributed by atoms with Gasteiger partial charge in [0, 0.05) is 11.1 Å². The van der Waals surface area contributed by atoms with E-state index in [4.69, 9.17) is 4.74 Å². The molecule has 0 spiro atoms. The van der Waals surface area contributed by atoms with Gasteiger partial charge in [0.25, 0.3) is 0 Å². The summed E-state index contributed by atoms with van der Waals surface area (Å²) in [7, 11) is 0. The van der Waals surface area contributed by atoms with Crippen molar-refractivity contribution >= 4 is 23.3 Å². The van der Waals surface area contributed by atoms with Crippen LogP contribution in [-0.2, 0) is 4.74 Å². The number of thioether (sulfide) groups is 1. The second-order valence-electron chi connectivity index (χ2n) is 5.82. The van der Waals surface area contributed by atoms with Gasteiger partial charge in [0.05, 0.1) is 0 Å². The number of aryl methyl sites for hydroxylation is 1. The maximum atomic E-state index is 12.7. The van der Waals surface area contributed by atoms with Crippen LogP contribution >= 0.6 is 11.8 Å². The summed E-state index contributed by atoms with van der Waals surface area (Å²) >= 11 is 1.51. The molecule has 0 radical (unpaired) electrons. The standard InChI is InChI=1S/C17H20O3S/c1-3-4-5-6-9-21-17-15(19)12-8-7-11(2)10-13(12)14(18)16(17)20-17/h7-8,10,16H,3-6,9H2,1-2H3. The van der Waals surface area contributed by atoms with Crippen molar-refractivity contribution in [1.29, 1.82) is 0 Å². The third kappa shape index (κ3) is 2.44. The lowest BCUT2D eigenvalue weighted by atomic mass is 9.88. The third-order valence-corrected chi connectivity index (χ3v) is 5.55. The molecule has 0 amide bonds. The molecule has 3 nitrogen and oxygen atoms in total. The molecule has 112 valence electrons. The van der Waals surface area contributed by atoms with E-state index in [-0.39, 0.29) is 11.6 Å². The Morgan fingerprint density at radius 3 is 2.76 bits per heavy atom. The van der Waals surface area contributed by atoms with E-state index in [0.717, 1.165) is 17.7 Å². The number of carbonyl (C=O) groups is 2. The van der Waals surface area contributed by atoms with Gasteiger partial charge < -0.3 is 4.74 Å². The number of ketones is 2. The summed E-state index contributed by atoms with van der Waals surface area (Å²) in [6.45, 7) is 4.10. The third-order valence-electron chi connectivity index (χ3n) is 4.14. The Bertz CT molecular complexity index is 596. The van der Waals surface area contributed by atoms with Gasteiger partial charge in [-0.05, 0) is 25.2 Å². The van der Waals surface area contributed by atoms with Gasteiger partial charge in [0.2, 0.25) is 10.7 Å². The minimum atomic E-state index is -0.911. The first-order chi connectivity index (χ1) is 10.1. The molecule has 0 aromatic heterocycles. The first-order valence-electron chi connectivity index (χ1n) is 7.61. The van der Waals surface area contributed by atoms with E-state index in [9.17, 15) is 9.59 Å². The summed E-state index contributed by atoms with van der Waals surface area (Å²) in [5.74, 6) is 0.813. The summed E-state index contributed by atoms with van der Waals surface area (Å²) < 4.78 is 5.58. The molecule has 0 bridgehead atoms. The second kappa shape index (κ2) is 5.58. The number of epoxide rings is 1. The summed E-state index contributed by atoms with van der Waals surface area (Å²) in [6.07, 6.45) is 4.09. The Labute approximate surface area is 129 Å². The number of ether oxygens (including phenoxy) is 1. The number of benzene rings is 1. The second-order valence-corrected chi connectivity index (χ2v) is 7.12. The molecule has 2 atom stereocenters. The molecule has 4 heteroatoms. The van der Waals surface area contributed by atoms with E-state index in [1.807, 2.05) is 13.0 Å². The highest BCUT2D eigenvalue weighted by atomic mass is 32.2. The molecule has 1 aromatic rings. The van der Waals surface area contributed by atoms with Crippen molar-refractivity contribution in [3.63, 3.8) is 0 Å². The predicted octanol–water partition coefficient (Wildman–Crippen LogP) is 3.78. The molecule has 1 saturated heterocycles. The van der Waals surface area contributed by atoms with Crippen LogP contribution in [0.4, 0.5) is 0 Å². The molecule has 21 heavy (non-hydrogen) atoms. The SMILES string of the molecule is CCCCCCSC12OC1C(=O)c1cc(C)ccc1C2=O. The van der Waals surface area contributed by atoms with Crippen LogP contribution in [0.5, 0.6) is 0 Å². The molecule has 2 aliphatic rings. The lowest BCUT2D eigenvalue weighted by molar-refractivity contribution is 0.0911. The highest BCUT2D eigenvalue weighted by molar-refractivity contribution is 8.01. The molecule has 0 N–H and O–H groups in total. The molecule has 2 unspecified atom stereocenters. The number of unbranched alkanes of at least 4 members (excludes halogenated alkanes) is 3. The minimum Gasteiger partial charge on any atom is -0.337 e. The zero-order chi connectivity index (χ0) is 15.0. The van der Waals surface area contributed by atoms with Crippen molar-refractivity contribution in [2.24, 2.45) is 0 Å². The maximum Gasteiger partial charge on any atom is 0.211 e. The average molecular weight is 304 g/mol. The predicted molar refractivity (Wildman–Crippen MR) is 84.0 cm³/mol. The van der Waals surface area contributed by atoms with Crippen LogP contribution in [0, 0.1) is 6.92 Å². The number of carbonyl (C=O) groups excluding carboxylic acids is 2. The van der Waals surface area contributed by atoms with E-state index in [2.05, 4.69) is 6.92 Å². The van der Waals surface area contributed by atoms with E-state index in [1.54, 1.807) is 12.1 Å². The van der Waals surface area contributed by atoms with Crippen LogP contribution in [0.15, 0.2) is 18.2 Å². The number of hydrogen-bond donors (Lipinski definition) is 0. The molecule has 1 heterocycles. The molecule has 1 aliphatic heterocycles. The quantitative estimate of drug-likeness (QED) is 0.592. The Kier molecular flexibility index (Phi) is 3.93. The Balaban J connectivity index is 1.74. The fourth-order valence-electron chi connectivity index (χ4n) is 2.86. The Morgan fingerprint density at radius 1 is 1.19 bits per heavy atom. The molecule has 1 aromatic carbocycles. The Hall–Kier alpha value is -1.13. The molecule has 0 saturated carbocycles. The summed E-state index contributed by atoms with van der Waals surface area (Å²) in [5.41, 5.74) is 2.06. The molecular formula is C17H20O3S. The lowest BCUT2D eigenvalue weighted by Crippen LogP contribution is -2.34. The zero-order valence-electron chi connectivity index (χ0n) is 12.5. The summed E-state index contributed by atoms with van der Waals surface area (Å²) in [5, 5.41) is 0. The van der Waals surface area contributed by atoms with Crippen LogP contribution in [0.1, 0.15) is 58.9 Å². The van der Waals surface area contributed by atoms with Gasteiger partial charge in [-0.25, -0.2) is 0 Å². The average Bonchev–Trinajstić information content (AvgIpc) is 3.21. The van der Waals surface area contributed by atoms with Crippen molar-refractivity contribution in [2.75, 3.05) is 5.75 Å². The van der Waals surface area contributed by atoms with Gasteiger partial charge in [-0.1, -0.05) is 43.9 Å². The van der Waals surface area contributed by atoms with Gasteiger partial charge >= 0.3 is 0 Å². The largest absolute Gasteiger partial charge is 0.337 e. The lowest BCUT2D eigenvalue weighted by Gasteiger charge is -2.18. The molecule has 1 aliphatic carbocycles. The van der Waals surface area contributed by atoms with E-state index in [1.165, 1.54) is 31.0 Å². The van der Waals surface area contributed by atoms with Crippen molar-refractivity contribution in [1.82, 2.24) is 0 Å². The molecular weight excluding hydrogens is 284 g/mol. The normalized spacial score (nSPS) is 26.5. The summed E-state index contributed by atoms with van der Waals surface area (Å²) in [4.78, 5) is 24.2. The highest BCUT2D eigenvalue weighted by Gasteiger charge is 2.69. The molecule has 1 fully saturated rings. The monoisotopic (exact) mass is 304 g/mol. The van der Waals surface area contributed by atoms with Gasteiger partial charge in [0.1, 0.15) is 0 Å². The van der Waals surface area contributed by atoms with Gasteiger partial charge in [-0.2, -0.15) is 0 Å². The van der Waals surface area contributed by atoms with Crippen LogP contribution in [0.25, 0.3) is 0 Å². The fraction of sp³-hybridized carbons (Fsp3) is 0.529. The van der Waals surface area contributed by atoms with Crippen LogP contribution in [0.3, 0.4) is 0 Å². The number of Topliss-reactive ketones (excluding diaryl/α,β-unsaturated/α-hetero) is 2. The van der Waals surface area contributed by atoms with Crippen molar-refractivity contribution < 1.29 is 14.3 Å². The van der Waals surface area contributed by atoms with Crippen molar-refractivity contribution in [3.8, 4) is 0 Å². The smallest absolute Gasteiger partial charge is 0.211 e. The van der Waals surface area contributed by atoms with E-state index in [0.29, 0.717) is 11.1 Å². The van der Waals surface area contributed by atoms with Gasteiger partial charge in [0.15, 0.2) is 11.9 Å². The summed E-state index contributed by atoms with van der Waals surface area (Å²) in [6, 6.07) is 5.45. The topological polar surface area (TPSA) is 46.7 Å². The number of hydrogen-bond acceptors (Lipinski definition) is 4. The van der Waals surface area contributed by atoms with Crippen molar-refractivity contribution in [2.45, 2.75) is 50.6 Å². The van der Waals surface area contributed by atoms with Gasteiger partial charge in [-0.15, -0.1) is 11.8 Å². The number of fused-ring (bicyclic) bond motifs is 2. The molecule has 3 rings (SSSR count). The van der Waals surface area contributed by atoms with Crippen LogP contribution < -0.4 is 0 Å². The van der Waals surface area contributed by atoms with Gasteiger partial charge in [-0.3, -0.25) is 9.59 Å². The van der Waals surface area contributed by atoms with Crippen molar-refractivity contribution in [3.05, 3.63) is 34.9 Å². The van der Waals surface area contributed by atoms with E-state index >= 15 is 0 Å². The first kappa shape index (κ1) is 14.8. The Morgan fingerprint density at radius 2 is 2.00 bits per heavy atom. The highest BCUT2D eigenvalue weighted by Crippen LogP contribution is 2.53. The van der Waals surface area contributed by atoms with Crippen LogP contribution in [-0.4, -0.2) is 28.4 Å². The minimum absolute atomic E-state index is 0.0254. The fourth-order valence-corrected chi connectivity index (χ4v) is 4.17. The first-order valence-corrected chi connectivity index (χ1v) is 8.60. The van der Waals surface area contributed by atoms with E-state index < -0.39 is 11.0 Å². The van der Waals surface area contributed by atoms with Crippen LogP contribution in [0.2, 0.25) is 0 Å².